The molecule has 1 unspecified atom stereocenters. The summed E-state index contributed by atoms with van der Waals surface area (Å²) in [7, 11) is 1.78. The van der Waals surface area contributed by atoms with Gasteiger partial charge in [0.05, 0.1) is 0 Å². The van der Waals surface area contributed by atoms with Gasteiger partial charge >= 0.3 is 0 Å². The number of hydrogen-bond donors (Lipinski definition) is 1. The van der Waals surface area contributed by atoms with Crippen LogP contribution in [0.3, 0.4) is 0 Å². The normalized spacial score (nSPS) is 15.6. The zero-order valence-electron chi connectivity index (χ0n) is 11.2. The summed E-state index contributed by atoms with van der Waals surface area (Å²) >= 11 is 0. The molecule has 0 saturated heterocycles. The van der Waals surface area contributed by atoms with Gasteiger partial charge < -0.3 is 10.1 Å². The molecule has 15 heavy (non-hydrogen) atoms. The summed E-state index contributed by atoms with van der Waals surface area (Å²) < 4.78 is 5.10. The molecule has 0 fully saturated rings. The van der Waals surface area contributed by atoms with E-state index in [9.17, 15) is 0 Å². The molecule has 0 amide bonds. The molecule has 0 spiro atoms. The summed E-state index contributed by atoms with van der Waals surface area (Å²) in [5.41, 5.74) is 0.438. The van der Waals surface area contributed by atoms with Gasteiger partial charge in [0.15, 0.2) is 0 Å². The summed E-state index contributed by atoms with van der Waals surface area (Å²) in [5, 5.41) is 3.56. The number of hydrogen-bond acceptors (Lipinski definition) is 2. The summed E-state index contributed by atoms with van der Waals surface area (Å²) in [6.45, 7) is 12.3. The van der Waals surface area contributed by atoms with Gasteiger partial charge in [0.1, 0.15) is 0 Å². The van der Waals surface area contributed by atoms with E-state index in [1.165, 1.54) is 19.3 Å². The van der Waals surface area contributed by atoms with Crippen LogP contribution in [0.2, 0.25) is 0 Å². The number of nitrogens with one attached hydrogen (secondary N) is 1. The molecule has 2 heteroatoms. The Hall–Kier alpha value is -0.0800. The van der Waals surface area contributed by atoms with Crippen molar-refractivity contribution in [3.63, 3.8) is 0 Å². The van der Waals surface area contributed by atoms with Crippen LogP contribution in [0.1, 0.15) is 47.0 Å². The van der Waals surface area contributed by atoms with Crippen LogP contribution in [-0.2, 0) is 4.74 Å². The van der Waals surface area contributed by atoms with Crippen LogP contribution >= 0.6 is 0 Å². The fourth-order valence-electron chi connectivity index (χ4n) is 1.70. The molecule has 92 valence electrons. The van der Waals surface area contributed by atoms with Gasteiger partial charge in [-0.05, 0) is 37.1 Å². The smallest absolute Gasteiger partial charge is 0.0462 e. The first-order valence-electron chi connectivity index (χ1n) is 6.23. The van der Waals surface area contributed by atoms with Crippen LogP contribution in [0, 0.1) is 11.3 Å². The van der Waals surface area contributed by atoms with Crippen LogP contribution in [0.4, 0.5) is 0 Å². The molecule has 0 aliphatic carbocycles. The van der Waals surface area contributed by atoms with Crippen LogP contribution in [0.25, 0.3) is 0 Å². The maximum absolute atomic E-state index is 5.10. The largest absolute Gasteiger partial charge is 0.385 e. The molecule has 0 aromatic heterocycles. The minimum atomic E-state index is 0.438. The predicted octanol–water partition coefficient (Wildman–Crippen LogP) is 3.07. The Morgan fingerprint density at radius 2 is 2.00 bits per heavy atom. The van der Waals surface area contributed by atoms with E-state index in [-0.39, 0.29) is 0 Å². The average molecular weight is 215 g/mol. The molecular formula is C13H29NO. The number of methoxy groups -OCH3 is 1. The van der Waals surface area contributed by atoms with E-state index in [1.54, 1.807) is 7.11 Å². The fraction of sp³-hybridized carbons (Fsp3) is 1.00. The van der Waals surface area contributed by atoms with Gasteiger partial charge in [-0.25, -0.2) is 0 Å². The van der Waals surface area contributed by atoms with Crippen molar-refractivity contribution < 1.29 is 4.74 Å². The van der Waals surface area contributed by atoms with Crippen LogP contribution in [0.5, 0.6) is 0 Å². The molecule has 0 aromatic carbocycles. The first-order valence-corrected chi connectivity index (χ1v) is 6.23. The maximum atomic E-state index is 5.10. The molecule has 0 aliphatic heterocycles. The van der Waals surface area contributed by atoms with E-state index < -0.39 is 0 Å². The molecule has 0 aromatic rings. The Bertz CT molecular complexity index is 147. The second kappa shape index (κ2) is 8.12. The highest BCUT2D eigenvalue weighted by Gasteiger charge is 2.20. The van der Waals surface area contributed by atoms with Crippen molar-refractivity contribution in [1.29, 1.82) is 0 Å². The summed E-state index contributed by atoms with van der Waals surface area (Å²) in [6, 6.07) is 0. The zero-order chi connectivity index (χ0) is 11.7. The SMILES string of the molecule is CCC(C)(CCCOC)CNCC(C)C. The van der Waals surface area contributed by atoms with Crippen molar-refractivity contribution >= 4 is 0 Å². The molecule has 0 saturated carbocycles. The van der Waals surface area contributed by atoms with Gasteiger partial charge in [-0.3, -0.25) is 0 Å². The summed E-state index contributed by atoms with van der Waals surface area (Å²) in [5.74, 6) is 0.741. The van der Waals surface area contributed by atoms with Gasteiger partial charge in [0.2, 0.25) is 0 Å². The van der Waals surface area contributed by atoms with Crippen LogP contribution in [-0.4, -0.2) is 26.8 Å². The lowest BCUT2D eigenvalue weighted by molar-refractivity contribution is 0.166. The molecule has 2 nitrogen and oxygen atoms in total. The highest BCUT2D eigenvalue weighted by Crippen LogP contribution is 2.26. The number of ether oxygens (including phenoxy) is 1. The van der Waals surface area contributed by atoms with E-state index in [0.717, 1.165) is 25.6 Å². The van der Waals surface area contributed by atoms with Crippen molar-refractivity contribution in [1.82, 2.24) is 5.32 Å². The lowest BCUT2D eigenvalue weighted by Gasteiger charge is -2.29. The second-order valence-electron chi connectivity index (χ2n) is 5.29. The second-order valence-corrected chi connectivity index (χ2v) is 5.29. The predicted molar refractivity (Wildman–Crippen MR) is 67.2 cm³/mol. The third-order valence-electron chi connectivity index (χ3n) is 3.09. The highest BCUT2D eigenvalue weighted by atomic mass is 16.5. The van der Waals surface area contributed by atoms with Gasteiger partial charge in [0, 0.05) is 20.3 Å². The lowest BCUT2D eigenvalue weighted by atomic mass is 9.82. The zero-order valence-corrected chi connectivity index (χ0v) is 11.2. The standard InChI is InChI=1S/C13H29NO/c1-6-13(4,8-7-9-15-5)11-14-10-12(2)3/h12,14H,6-11H2,1-5H3. The summed E-state index contributed by atoms with van der Waals surface area (Å²) in [4.78, 5) is 0. The molecule has 1 N–H and O–H groups in total. The average Bonchev–Trinajstić information content (AvgIpc) is 2.18. The fourth-order valence-corrected chi connectivity index (χ4v) is 1.70. The minimum absolute atomic E-state index is 0.438. The maximum Gasteiger partial charge on any atom is 0.0462 e. The van der Waals surface area contributed by atoms with Gasteiger partial charge in [-0.15, -0.1) is 0 Å². The third kappa shape index (κ3) is 7.80. The quantitative estimate of drug-likeness (QED) is 0.597. The van der Waals surface area contributed by atoms with E-state index >= 15 is 0 Å². The molecule has 0 aliphatic rings. The van der Waals surface area contributed by atoms with E-state index in [0.29, 0.717) is 5.41 Å². The first kappa shape index (κ1) is 14.9. The van der Waals surface area contributed by atoms with Crippen LogP contribution < -0.4 is 5.32 Å². The summed E-state index contributed by atoms with van der Waals surface area (Å²) in [6.07, 6.45) is 3.66. The number of rotatable bonds is 9. The molecule has 0 heterocycles. The first-order chi connectivity index (χ1) is 7.04. The van der Waals surface area contributed by atoms with Crippen molar-refractivity contribution in [2.75, 3.05) is 26.8 Å². The molecule has 1 atom stereocenters. The lowest BCUT2D eigenvalue weighted by Crippen LogP contribution is -2.33. The van der Waals surface area contributed by atoms with E-state index in [1.807, 2.05) is 0 Å². The Balaban J connectivity index is 3.74. The minimum Gasteiger partial charge on any atom is -0.385 e. The van der Waals surface area contributed by atoms with Crippen LogP contribution in [0.15, 0.2) is 0 Å². The van der Waals surface area contributed by atoms with E-state index in [4.69, 9.17) is 4.74 Å². The van der Waals surface area contributed by atoms with Gasteiger partial charge in [-0.2, -0.15) is 0 Å². The highest BCUT2D eigenvalue weighted by molar-refractivity contribution is 4.75. The van der Waals surface area contributed by atoms with E-state index in [2.05, 4.69) is 33.0 Å². The van der Waals surface area contributed by atoms with Crippen molar-refractivity contribution in [3.05, 3.63) is 0 Å². The molecule has 0 radical (unpaired) electrons. The molecular weight excluding hydrogens is 186 g/mol. The van der Waals surface area contributed by atoms with Gasteiger partial charge in [-0.1, -0.05) is 27.7 Å². The monoisotopic (exact) mass is 215 g/mol. The molecule has 0 rings (SSSR count). The molecule has 0 bridgehead atoms. The topological polar surface area (TPSA) is 21.3 Å². The Morgan fingerprint density at radius 1 is 1.33 bits per heavy atom. The van der Waals surface area contributed by atoms with Crippen molar-refractivity contribution in [2.45, 2.75) is 47.0 Å². The Morgan fingerprint density at radius 3 is 2.47 bits per heavy atom. The van der Waals surface area contributed by atoms with Crippen molar-refractivity contribution in [2.24, 2.45) is 11.3 Å². The Labute approximate surface area is 95.8 Å². The van der Waals surface area contributed by atoms with Crippen molar-refractivity contribution in [3.8, 4) is 0 Å². The Kier molecular flexibility index (Phi) is 8.07. The third-order valence-corrected chi connectivity index (χ3v) is 3.09. The van der Waals surface area contributed by atoms with Gasteiger partial charge in [0.25, 0.3) is 0 Å².